The Morgan fingerprint density at radius 2 is 1.80 bits per heavy atom. The highest BCUT2D eigenvalue weighted by Gasteiger charge is 2.29. The maximum Gasteiger partial charge on any atom is 0.355 e. The van der Waals surface area contributed by atoms with E-state index in [-0.39, 0.29) is 10.6 Å². The molecular formula is C31H29FN4O3S2. The van der Waals surface area contributed by atoms with Crippen LogP contribution in [0, 0.1) is 11.7 Å². The zero-order valence-electron chi connectivity index (χ0n) is 22.3. The summed E-state index contributed by atoms with van der Waals surface area (Å²) in [6.45, 7) is 0. The van der Waals surface area contributed by atoms with Crippen LogP contribution >= 0.6 is 11.3 Å². The molecule has 0 bridgehead atoms. The van der Waals surface area contributed by atoms with Crippen LogP contribution in [0.2, 0.25) is 0 Å². The van der Waals surface area contributed by atoms with Crippen LogP contribution in [0.3, 0.4) is 0 Å². The fourth-order valence-corrected chi connectivity index (χ4v) is 6.66. The molecule has 41 heavy (non-hydrogen) atoms. The van der Waals surface area contributed by atoms with Crippen molar-refractivity contribution in [3.05, 3.63) is 107 Å². The predicted molar refractivity (Wildman–Crippen MR) is 161 cm³/mol. The monoisotopic (exact) mass is 588 g/mol. The summed E-state index contributed by atoms with van der Waals surface area (Å²) in [7, 11) is -3.26. The van der Waals surface area contributed by atoms with Crippen molar-refractivity contribution in [3.63, 3.8) is 0 Å². The Morgan fingerprint density at radius 1 is 1.07 bits per heavy atom. The third-order valence-corrected chi connectivity index (χ3v) is 9.41. The van der Waals surface area contributed by atoms with Crippen molar-refractivity contribution in [2.24, 2.45) is 11.1 Å². The average Bonchev–Trinajstić information content (AvgIpc) is 3.50. The molecule has 0 radical (unpaired) electrons. The summed E-state index contributed by atoms with van der Waals surface area (Å²) in [5.74, 6) is -1.19. The van der Waals surface area contributed by atoms with E-state index in [1.54, 1.807) is 10.7 Å². The molecule has 2 heterocycles. The minimum atomic E-state index is -3.26. The summed E-state index contributed by atoms with van der Waals surface area (Å²) in [4.78, 5) is 16.0. The number of aromatic nitrogens is 3. The fraction of sp³-hybridized carbons (Fsp3) is 0.194. The van der Waals surface area contributed by atoms with Gasteiger partial charge in [0.1, 0.15) is 5.82 Å². The van der Waals surface area contributed by atoms with Crippen LogP contribution in [0.15, 0.2) is 83.1 Å². The molecular weight excluding hydrogens is 559 g/mol. The van der Waals surface area contributed by atoms with E-state index in [4.69, 9.17) is 10.2 Å². The van der Waals surface area contributed by atoms with Crippen molar-refractivity contribution >= 4 is 27.4 Å². The molecule has 1 fully saturated rings. The zero-order valence-corrected chi connectivity index (χ0v) is 24.0. The molecule has 2 aromatic heterocycles. The van der Waals surface area contributed by atoms with E-state index in [0.29, 0.717) is 23.0 Å². The Bertz CT molecular complexity index is 1810. The molecule has 1 aliphatic carbocycles. The number of nitrogens with zero attached hydrogens (tertiary/aromatic N) is 3. The number of halogens is 1. The molecule has 0 unspecified atom stereocenters. The molecule has 0 atom stereocenters. The summed E-state index contributed by atoms with van der Waals surface area (Å²) in [6.07, 6.45) is 4.68. The number of hydrogen-bond acceptors (Lipinski definition) is 5. The number of thiol groups is 1. The number of hydrogen-bond donors (Lipinski definition) is 3. The van der Waals surface area contributed by atoms with Gasteiger partial charge in [-0.3, -0.25) is 9.35 Å². The fourth-order valence-electron chi connectivity index (χ4n) is 5.03. The first-order valence-corrected chi connectivity index (χ1v) is 16.4. The first-order valence-electron chi connectivity index (χ1n) is 13.3. The van der Waals surface area contributed by atoms with E-state index in [1.807, 2.05) is 48.5 Å². The Labute approximate surface area is 242 Å². The van der Waals surface area contributed by atoms with E-state index in [1.165, 1.54) is 35.1 Å². The van der Waals surface area contributed by atoms with E-state index in [9.17, 15) is 14.1 Å². The average molecular weight is 589 g/mol. The molecule has 0 amide bonds. The van der Waals surface area contributed by atoms with Gasteiger partial charge in [0.2, 0.25) is 5.13 Å². The number of rotatable bonds is 9. The second-order valence-corrected chi connectivity index (χ2v) is 13.9. The number of benzene rings is 3. The zero-order chi connectivity index (χ0) is 28.7. The number of carboxylic acid groups (broad SMARTS) is 1. The van der Waals surface area contributed by atoms with E-state index in [0.717, 1.165) is 52.9 Å². The number of nitrogens with two attached hydrogens (primary N) is 1. The highest BCUT2D eigenvalue weighted by molar-refractivity contribution is 8.00. The van der Waals surface area contributed by atoms with Crippen molar-refractivity contribution < 1.29 is 18.5 Å². The van der Waals surface area contributed by atoms with Crippen molar-refractivity contribution in [2.75, 3.05) is 6.26 Å². The van der Waals surface area contributed by atoms with Crippen molar-refractivity contribution in [3.8, 4) is 27.5 Å². The molecule has 0 aliphatic heterocycles. The molecule has 1 aliphatic rings. The van der Waals surface area contributed by atoms with Crippen LogP contribution in [0.25, 0.3) is 27.5 Å². The van der Waals surface area contributed by atoms with Crippen LogP contribution < -0.4 is 5.14 Å². The molecule has 3 N–H and O–H groups in total. The Kier molecular flexibility index (Phi) is 7.14. The third-order valence-electron chi connectivity index (χ3n) is 7.28. The smallest absolute Gasteiger partial charge is 0.355 e. The van der Waals surface area contributed by atoms with Crippen molar-refractivity contribution in [1.82, 2.24) is 14.8 Å². The highest BCUT2D eigenvalue weighted by Crippen LogP contribution is 2.39. The highest BCUT2D eigenvalue weighted by atomic mass is 32.3. The molecule has 5 aromatic rings. The number of carbonyl (C=O) groups is 1. The van der Waals surface area contributed by atoms with Gasteiger partial charge in [-0.05, 0) is 70.2 Å². The number of thiazole rings is 1. The molecule has 6 rings (SSSR count). The van der Waals surface area contributed by atoms with Gasteiger partial charge in [-0.2, -0.15) is 5.10 Å². The van der Waals surface area contributed by atoms with Crippen LogP contribution in [0.1, 0.15) is 40.2 Å². The molecule has 210 valence electrons. The Hall–Kier alpha value is -3.99. The summed E-state index contributed by atoms with van der Waals surface area (Å²) >= 11 is 1.23. The minimum Gasteiger partial charge on any atom is -0.476 e. The second-order valence-electron chi connectivity index (χ2n) is 10.6. The maximum atomic E-state index is 15.0. The Morgan fingerprint density at radius 3 is 2.46 bits per heavy atom. The summed E-state index contributed by atoms with van der Waals surface area (Å²) < 4.78 is 29.2. The van der Waals surface area contributed by atoms with Crippen LogP contribution in [0.5, 0.6) is 0 Å². The van der Waals surface area contributed by atoms with Crippen LogP contribution in [0.4, 0.5) is 4.39 Å². The van der Waals surface area contributed by atoms with E-state index < -0.39 is 21.9 Å². The van der Waals surface area contributed by atoms with Gasteiger partial charge < -0.3 is 5.11 Å². The van der Waals surface area contributed by atoms with Crippen molar-refractivity contribution in [2.45, 2.75) is 30.6 Å². The number of carboxylic acids is 1. The lowest BCUT2D eigenvalue weighted by Crippen LogP contribution is -2.22. The predicted octanol–water partition coefficient (Wildman–Crippen LogP) is 5.92. The third kappa shape index (κ3) is 5.76. The first kappa shape index (κ1) is 27.2. The minimum absolute atomic E-state index is 0.0231. The van der Waals surface area contributed by atoms with Gasteiger partial charge in [-0.15, -0.1) is 11.3 Å². The van der Waals surface area contributed by atoms with Gasteiger partial charge in [0, 0.05) is 29.2 Å². The van der Waals surface area contributed by atoms with Gasteiger partial charge in [0.05, 0.1) is 16.3 Å². The standard InChI is InChI=1S/C31H29FN4O3S2/c1-41(33,39)28-13-12-20(15-25(28)32)14-24-27(16-19-10-11-19)36(31-34-26(18-40-31)30(37)38)35-29(24)23-9-5-8-22(17-23)21-6-3-2-4-7-21/h2-9,12-13,15,17-19,41H,10-11,14,16H2,1H3,(H2,33,39)(H,37,38). The quantitative estimate of drug-likeness (QED) is 0.185. The second kappa shape index (κ2) is 10.8. The van der Waals surface area contributed by atoms with E-state index in [2.05, 4.69) is 11.1 Å². The maximum absolute atomic E-state index is 15.0. The van der Waals surface area contributed by atoms with Gasteiger partial charge in [-0.1, -0.05) is 54.6 Å². The lowest BCUT2D eigenvalue weighted by molar-refractivity contribution is 0.0691. The molecule has 0 saturated heterocycles. The molecule has 0 spiro atoms. The van der Waals surface area contributed by atoms with Gasteiger partial charge in [0.15, 0.2) is 5.69 Å². The van der Waals surface area contributed by atoms with Crippen LogP contribution in [-0.4, -0.2) is 36.3 Å². The number of aromatic carboxylic acids is 1. The van der Waals surface area contributed by atoms with Crippen LogP contribution in [-0.2, 0) is 23.0 Å². The summed E-state index contributed by atoms with van der Waals surface area (Å²) in [5.41, 5.74) is 6.25. The van der Waals surface area contributed by atoms with E-state index >= 15 is 4.39 Å². The Balaban J connectivity index is 1.52. The lowest BCUT2D eigenvalue weighted by Gasteiger charge is -2.15. The summed E-state index contributed by atoms with van der Waals surface area (Å²) in [5, 5.41) is 22.3. The molecule has 7 nitrogen and oxygen atoms in total. The molecule has 10 heteroatoms. The van der Waals surface area contributed by atoms with Gasteiger partial charge in [-0.25, -0.2) is 18.9 Å². The SMILES string of the molecule is C[SH](N)(=O)c1ccc(Cc2c(-c3cccc(-c4ccccc4)c3)nn(-c3nc(C(=O)O)cs3)c2CC2CC2)cc1F. The summed E-state index contributed by atoms with van der Waals surface area (Å²) in [6, 6.07) is 22.8. The lowest BCUT2D eigenvalue weighted by atomic mass is 9.95. The molecule has 3 aromatic carbocycles. The normalized spacial score (nSPS) is 13.8. The first-order chi connectivity index (χ1) is 19.7. The molecule has 1 saturated carbocycles. The van der Waals surface area contributed by atoms with Gasteiger partial charge >= 0.3 is 5.97 Å². The largest absolute Gasteiger partial charge is 0.476 e. The topological polar surface area (TPSA) is 111 Å². The van der Waals surface area contributed by atoms with Crippen molar-refractivity contribution in [1.29, 1.82) is 0 Å². The van der Waals surface area contributed by atoms with Gasteiger partial charge in [0.25, 0.3) is 0 Å².